The minimum absolute atomic E-state index is 0.585. The van der Waals surface area contributed by atoms with E-state index >= 15 is 0 Å². The Hall–Kier alpha value is -0.470. The summed E-state index contributed by atoms with van der Waals surface area (Å²) in [5.41, 5.74) is 3.09. The number of hydrogen-bond acceptors (Lipinski definition) is 2. The van der Waals surface area contributed by atoms with Gasteiger partial charge in [0.1, 0.15) is 0 Å². The summed E-state index contributed by atoms with van der Waals surface area (Å²) in [6.07, 6.45) is 7.23. The van der Waals surface area contributed by atoms with E-state index in [0.29, 0.717) is 6.04 Å². The second-order valence-electron chi connectivity index (χ2n) is 5.68. The summed E-state index contributed by atoms with van der Waals surface area (Å²) in [6, 6.07) is 9.54. The molecular weight excluding hydrogens is 238 g/mol. The monoisotopic (exact) mass is 261 g/mol. The van der Waals surface area contributed by atoms with Gasteiger partial charge in [0.15, 0.2) is 0 Å². The Kier molecular flexibility index (Phi) is 4.27. The molecule has 1 aromatic carbocycles. The van der Waals surface area contributed by atoms with Crippen LogP contribution in [0.3, 0.4) is 0 Å². The van der Waals surface area contributed by atoms with Crippen molar-refractivity contribution in [2.45, 2.75) is 43.9 Å². The highest BCUT2D eigenvalue weighted by Crippen LogP contribution is 2.32. The molecule has 98 valence electrons. The Morgan fingerprint density at radius 1 is 1.11 bits per heavy atom. The molecule has 18 heavy (non-hydrogen) atoms. The van der Waals surface area contributed by atoms with Gasteiger partial charge in [-0.2, -0.15) is 11.8 Å². The van der Waals surface area contributed by atoms with E-state index in [0.717, 1.165) is 5.92 Å². The van der Waals surface area contributed by atoms with Gasteiger partial charge in [-0.3, -0.25) is 0 Å². The molecule has 1 aliphatic heterocycles. The second-order valence-corrected chi connectivity index (χ2v) is 6.71. The molecule has 1 saturated carbocycles. The predicted molar refractivity (Wildman–Crippen MR) is 79.9 cm³/mol. The molecule has 0 bridgehead atoms. The van der Waals surface area contributed by atoms with Crippen molar-refractivity contribution in [2.24, 2.45) is 5.92 Å². The third-order valence-corrected chi connectivity index (χ3v) is 5.43. The van der Waals surface area contributed by atoms with Gasteiger partial charge in [0.25, 0.3) is 0 Å². The van der Waals surface area contributed by atoms with Crippen LogP contribution in [0.25, 0.3) is 0 Å². The first-order chi connectivity index (χ1) is 8.93. The number of nitrogens with one attached hydrogen (secondary N) is 1. The van der Waals surface area contributed by atoms with Crippen LogP contribution in [0.5, 0.6) is 0 Å². The van der Waals surface area contributed by atoms with Gasteiger partial charge in [0.05, 0.1) is 0 Å². The van der Waals surface area contributed by atoms with E-state index in [1.807, 2.05) is 0 Å². The van der Waals surface area contributed by atoms with E-state index in [1.54, 1.807) is 5.56 Å². The molecule has 1 aromatic rings. The first-order valence-corrected chi connectivity index (χ1v) is 8.48. The number of fused-ring (bicyclic) bond motifs is 1. The normalized spacial score (nSPS) is 24.8. The lowest BCUT2D eigenvalue weighted by Gasteiger charge is -2.29. The fourth-order valence-electron chi connectivity index (χ4n) is 3.25. The molecule has 1 aliphatic carbocycles. The van der Waals surface area contributed by atoms with Crippen LogP contribution in [0.1, 0.15) is 49.3 Å². The van der Waals surface area contributed by atoms with E-state index in [2.05, 4.69) is 41.3 Å². The zero-order chi connectivity index (χ0) is 12.2. The van der Waals surface area contributed by atoms with Crippen LogP contribution in [-0.2, 0) is 5.75 Å². The maximum atomic E-state index is 3.83. The summed E-state index contributed by atoms with van der Waals surface area (Å²) in [4.78, 5) is 0. The summed E-state index contributed by atoms with van der Waals surface area (Å²) in [6.45, 7) is 1.22. The van der Waals surface area contributed by atoms with Crippen molar-refractivity contribution >= 4 is 11.8 Å². The van der Waals surface area contributed by atoms with Crippen LogP contribution in [0.15, 0.2) is 24.3 Å². The largest absolute Gasteiger partial charge is 0.309 e. The van der Waals surface area contributed by atoms with Gasteiger partial charge in [-0.05, 0) is 36.4 Å². The Morgan fingerprint density at radius 2 is 1.94 bits per heavy atom. The highest BCUT2D eigenvalue weighted by atomic mass is 32.2. The maximum Gasteiger partial charge on any atom is 0.0415 e. The zero-order valence-electron chi connectivity index (χ0n) is 11.0. The molecule has 1 atom stereocenters. The average Bonchev–Trinajstić information content (AvgIpc) is 2.46. The number of benzene rings is 1. The summed E-state index contributed by atoms with van der Waals surface area (Å²) < 4.78 is 0. The van der Waals surface area contributed by atoms with Crippen LogP contribution >= 0.6 is 11.8 Å². The molecule has 1 fully saturated rings. The van der Waals surface area contributed by atoms with E-state index in [4.69, 9.17) is 0 Å². The Morgan fingerprint density at radius 3 is 2.83 bits per heavy atom. The fourth-order valence-corrected chi connectivity index (χ4v) is 4.38. The Labute approximate surface area is 115 Å². The Bertz CT molecular complexity index is 384. The summed E-state index contributed by atoms with van der Waals surface area (Å²) in [7, 11) is 0. The molecule has 1 heterocycles. The molecule has 1 N–H and O–H groups in total. The van der Waals surface area contributed by atoms with Crippen LogP contribution in [0.2, 0.25) is 0 Å². The molecule has 2 aliphatic rings. The summed E-state index contributed by atoms with van der Waals surface area (Å²) in [5, 5.41) is 3.83. The number of hydrogen-bond donors (Lipinski definition) is 1. The molecule has 1 nitrogen and oxygen atoms in total. The third-order valence-electron chi connectivity index (χ3n) is 4.35. The van der Waals surface area contributed by atoms with Gasteiger partial charge >= 0.3 is 0 Å². The lowest BCUT2D eigenvalue weighted by molar-refractivity contribution is 0.332. The van der Waals surface area contributed by atoms with Crippen LogP contribution in [0.4, 0.5) is 0 Å². The second kappa shape index (κ2) is 6.12. The van der Waals surface area contributed by atoms with Crippen molar-refractivity contribution in [1.29, 1.82) is 0 Å². The van der Waals surface area contributed by atoms with Crippen LogP contribution in [0, 0.1) is 5.92 Å². The zero-order valence-corrected chi connectivity index (χ0v) is 11.8. The fraction of sp³-hybridized carbons (Fsp3) is 0.625. The van der Waals surface area contributed by atoms with Crippen molar-refractivity contribution in [3.05, 3.63) is 35.4 Å². The van der Waals surface area contributed by atoms with Gasteiger partial charge < -0.3 is 5.32 Å². The quantitative estimate of drug-likeness (QED) is 0.877. The molecular formula is C16H23NS. The first kappa shape index (κ1) is 12.6. The smallest absolute Gasteiger partial charge is 0.0415 e. The molecule has 0 amide bonds. The van der Waals surface area contributed by atoms with E-state index in [-0.39, 0.29) is 0 Å². The summed E-state index contributed by atoms with van der Waals surface area (Å²) in [5.74, 6) is 3.36. The molecule has 0 radical (unpaired) electrons. The number of thioether (sulfide) groups is 1. The molecule has 1 unspecified atom stereocenters. The standard InChI is InChI=1S/C16H23NS/c1-2-6-13(7-3-1)10-17-16-12-18-11-14-8-4-5-9-15(14)16/h4-5,8-9,13,16-17H,1-3,6-7,10-12H2. The lowest BCUT2D eigenvalue weighted by atomic mass is 9.89. The molecule has 0 spiro atoms. The first-order valence-electron chi connectivity index (χ1n) is 7.32. The SMILES string of the molecule is c1ccc2c(c1)CSCC2NCC1CCCCC1. The molecule has 0 aromatic heterocycles. The molecule has 0 saturated heterocycles. The minimum Gasteiger partial charge on any atom is -0.309 e. The van der Waals surface area contributed by atoms with E-state index in [1.165, 1.54) is 55.7 Å². The third kappa shape index (κ3) is 2.92. The van der Waals surface area contributed by atoms with Crippen LogP contribution in [-0.4, -0.2) is 12.3 Å². The van der Waals surface area contributed by atoms with Crippen molar-refractivity contribution in [3.63, 3.8) is 0 Å². The molecule has 2 heteroatoms. The van der Waals surface area contributed by atoms with Crippen molar-refractivity contribution in [3.8, 4) is 0 Å². The van der Waals surface area contributed by atoms with Crippen LogP contribution < -0.4 is 5.32 Å². The lowest BCUT2D eigenvalue weighted by Crippen LogP contribution is -2.31. The van der Waals surface area contributed by atoms with Crippen molar-refractivity contribution < 1.29 is 0 Å². The molecule has 3 rings (SSSR count). The number of rotatable bonds is 3. The topological polar surface area (TPSA) is 12.0 Å². The minimum atomic E-state index is 0.585. The van der Waals surface area contributed by atoms with Crippen molar-refractivity contribution in [1.82, 2.24) is 5.32 Å². The highest BCUT2D eigenvalue weighted by molar-refractivity contribution is 7.98. The van der Waals surface area contributed by atoms with Gasteiger partial charge in [-0.1, -0.05) is 43.5 Å². The van der Waals surface area contributed by atoms with E-state index < -0.39 is 0 Å². The summed E-state index contributed by atoms with van der Waals surface area (Å²) >= 11 is 2.07. The highest BCUT2D eigenvalue weighted by Gasteiger charge is 2.21. The van der Waals surface area contributed by atoms with Gasteiger partial charge in [-0.15, -0.1) is 0 Å². The van der Waals surface area contributed by atoms with Gasteiger partial charge in [-0.25, -0.2) is 0 Å². The Balaban J connectivity index is 1.60. The van der Waals surface area contributed by atoms with Gasteiger partial charge in [0.2, 0.25) is 0 Å². The van der Waals surface area contributed by atoms with Crippen molar-refractivity contribution in [2.75, 3.05) is 12.3 Å². The maximum absolute atomic E-state index is 3.83. The predicted octanol–water partition coefficient (Wildman–Crippen LogP) is 4.14. The average molecular weight is 261 g/mol. The van der Waals surface area contributed by atoms with Gasteiger partial charge in [0, 0.05) is 17.5 Å². The van der Waals surface area contributed by atoms with E-state index in [9.17, 15) is 0 Å².